The lowest BCUT2D eigenvalue weighted by atomic mass is 10.3. The molecule has 0 N–H and O–H groups in total. The molecule has 1 heterocycles. The number of aryl methyl sites for hydroxylation is 1. The van der Waals surface area contributed by atoms with Gasteiger partial charge in [0.2, 0.25) is 5.69 Å². The minimum absolute atomic E-state index is 0.164. The smallest absolute Gasteiger partial charge is 0.258 e. The Hall–Kier alpha value is -1.73. The zero-order chi connectivity index (χ0) is 10.9. The van der Waals surface area contributed by atoms with E-state index in [1.54, 1.807) is 0 Å². The van der Waals surface area contributed by atoms with E-state index in [4.69, 9.17) is 0 Å². The van der Waals surface area contributed by atoms with Gasteiger partial charge in [-0.2, -0.15) is 13.2 Å². The first-order chi connectivity index (χ1) is 6.32. The van der Waals surface area contributed by atoms with Crippen LogP contribution in [-0.2, 0) is 6.18 Å². The van der Waals surface area contributed by atoms with Crippen molar-refractivity contribution in [3.8, 4) is 0 Å². The number of rotatable bonds is 1. The van der Waals surface area contributed by atoms with Gasteiger partial charge in [-0.25, -0.2) is 9.97 Å². The van der Waals surface area contributed by atoms with Crippen molar-refractivity contribution in [2.75, 3.05) is 0 Å². The molecule has 5 nitrogen and oxygen atoms in total. The average Bonchev–Trinajstić information content (AvgIpc) is 2.01. The van der Waals surface area contributed by atoms with E-state index in [0.717, 1.165) is 0 Å². The van der Waals surface area contributed by atoms with Crippen molar-refractivity contribution in [1.29, 1.82) is 0 Å². The number of alkyl halides is 3. The van der Waals surface area contributed by atoms with Crippen molar-refractivity contribution in [3.05, 3.63) is 27.8 Å². The topological polar surface area (TPSA) is 68.9 Å². The van der Waals surface area contributed by atoms with E-state index >= 15 is 0 Å². The Morgan fingerprint density at radius 1 is 1.50 bits per heavy atom. The molecule has 0 radical (unpaired) electrons. The second-order valence-electron chi connectivity index (χ2n) is 2.41. The molecule has 76 valence electrons. The molecular formula is C6H4F3N3O2. The molecular weight excluding hydrogens is 203 g/mol. The highest BCUT2D eigenvalue weighted by atomic mass is 19.4. The Bertz CT molecular complexity index is 377. The molecule has 1 aromatic heterocycles. The van der Waals surface area contributed by atoms with Crippen molar-refractivity contribution in [2.24, 2.45) is 0 Å². The van der Waals surface area contributed by atoms with Gasteiger partial charge in [-0.3, -0.25) is 10.1 Å². The van der Waals surface area contributed by atoms with Crippen molar-refractivity contribution >= 4 is 5.69 Å². The Kier molecular flexibility index (Phi) is 2.37. The van der Waals surface area contributed by atoms with Gasteiger partial charge >= 0.3 is 11.9 Å². The van der Waals surface area contributed by atoms with Crippen molar-refractivity contribution in [3.63, 3.8) is 0 Å². The number of nitro groups is 1. The van der Waals surface area contributed by atoms with E-state index in [0.29, 0.717) is 6.20 Å². The van der Waals surface area contributed by atoms with Gasteiger partial charge in [0.15, 0.2) is 0 Å². The number of hydrogen-bond donors (Lipinski definition) is 0. The highest BCUT2D eigenvalue weighted by Crippen LogP contribution is 2.33. The first-order valence-electron chi connectivity index (χ1n) is 3.37. The fourth-order valence-corrected chi connectivity index (χ4v) is 0.806. The van der Waals surface area contributed by atoms with Crippen LogP contribution in [0.15, 0.2) is 6.20 Å². The van der Waals surface area contributed by atoms with E-state index < -0.39 is 22.5 Å². The van der Waals surface area contributed by atoms with Crippen molar-refractivity contribution in [1.82, 2.24) is 9.97 Å². The zero-order valence-corrected chi connectivity index (χ0v) is 6.87. The first kappa shape index (κ1) is 10.4. The zero-order valence-electron chi connectivity index (χ0n) is 6.87. The van der Waals surface area contributed by atoms with Crippen molar-refractivity contribution in [2.45, 2.75) is 13.1 Å². The summed E-state index contributed by atoms with van der Waals surface area (Å²) in [5.74, 6) is -0.164. The molecule has 8 heteroatoms. The summed E-state index contributed by atoms with van der Waals surface area (Å²) in [7, 11) is 0. The van der Waals surface area contributed by atoms with Crippen LogP contribution >= 0.6 is 0 Å². The summed E-state index contributed by atoms with van der Waals surface area (Å²) in [6, 6.07) is 0. The highest BCUT2D eigenvalue weighted by molar-refractivity contribution is 5.34. The number of hydrogen-bond acceptors (Lipinski definition) is 4. The standard InChI is InChI=1S/C6H4F3N3O2/c1-3-10-2-4(12(13)14)5(11-3)6(7,8)9/h2H,1H3. The quantitative estimate of drug-likeness (QED) is 0.519. The molecule has 0 bridgehead atoms. The van der Waals surface area contributed by atoms with Gasteiger partial charge in [0, 0.05) is 0 Å². The molecule has 0 unspecified atom stereocenters. The molecule has 1 rings (SSSR count). The first-order valence-corrected chi connectivity index (χ1v) is 3.37. The molecule has 0 aliphatic carbocycles. The predicted molar refractivity (Wildman–Crippen MR) is 38.4 cm³/mol. The minimum Gasteiger partial charge on any atom is -0.258 e. The van der Waals surface area contributed by atoms with Gasteiger partial charge in [0.1, 0.15) is 12.0 Å². The molecule has 0 atom stereocenters. The molecule has 0 saturated carbocycles. The Balaban J connectivity index is 3.38. The third-order valence-corrected chi connectivity index (χ3v) is 1.36. The molecule has 14 heavy (non-hydrogen) atoms. The molecule has 0 aliphatic heterocycles. The summed E-state index contributed by atoms with van der Waals surface area (Å²) in [4.78, 5) is 15.4. The van der Waals surface area contributed by atoms with Crippen LogP contribution in [0.1, 0.15) is 11.5 Å². The predicted octanol–water partition coefficient (Wildman–Crippen LogP) is 1.71. The second-order valence-corrected chi connectivity index (χ2v) is 2.41. The lowest BCUT2D eigenvalue weighted by molar-refractivity contribution is -0.388. The van der Waals surface area contributed by atoms with Crippen LogP contribution in [0.5, 0.6) is 0 Å². The van der Waals surface area contributed by atoms with Crippen LogP contribution in [0, 0.1) is 17.0 Å². The summed E-state index contributed by atoms with van der Waals surface area (Å²) >= 11 is 0. The Morgan fingerprint density at radius 2 is 2.07 bits per heavy atom. The lowest BCUT2D eigenvalue weighted by Gasteiger charge is -2.05. The van der Waals surface area contributed by atoms with Crippen LogP contribution in [0.2, 0.25) is 0 Å². The third kappa shape index (κ3) is 1.95. The maximum atomic E-state index is 12.2. The largest absolute Gasteiger partial charge is 0.440 e. The van der Waals surface area contributed by atoms with Crippen LogP contribution in [-0.4, -0.2) is 14.9 Å². The van der Waals surface area contributed by atoms with Crippen LogP contribution in [0.25, 0.3) is 0 Å². The lowest BCUT2D eigenvalue weighted by Crippen LogP contribution is -2.13. The number of aromatic nitrogens is 2. The van der Waals surface area contributed by atoms with Crippen LogP contribution < -0.4 is 0 Å². The fourth-order valence-electron chi connectivity index (χ4n) is 0.806. The number of nitrogens with zero attached hydrogens (tertiary/aromatic N) is 3. The van der Waals surface area contributed by atoms with E-state index in [1.165, 1.54) is 6.92 Å². The van der Waals surface area contributed by atoms with E-state index in [2.05, 4.69) is 9.97 Å². The minimum atomic E-state index is -4.84. The van der Waals surface area contributed by atoms with Gasteiger partial charge in [-0.05, 0) is 6.92 Å². The van der Waals surface area contributed by atoms with Gasteiger partial charge in [-0.1, -0.05) is 0 Å². The van der Waals surface area contributed by atoms with Crippen LogP contribution in [0.3, 0.4) is 0 Å². The SMILES string of the molecule is Cc1ncc([N+](=O)[O-])c(C(F)(F)F)n1. The third-order valence-electron chi connectivity index (χ3n) is 1.36. The van der Waals surface area contributed by atoms with E-state index in [9.17, 15) is 23.3 Å². The molecule has 0 spiro atoms. The summed E-state index contributed by atoms with van der Waals surface area (Å²) in [6.07, 6.45) is -4.29. The molecule has 0 aromatic carbocycles. The molecule has 1 aromatic rings. The fraction of sp³-hybridized carbons (Fsp3) is 0.333. The van der Waals surface area contributed by atoms with E-state index in [1.807, 2.05) is 0 Å². The van der Waals surface area contributed by atoms with Crippen LogP contribution in [0.4, 0.5) is 18.9 Å². The van der Waals surface area contributed by atoms with Gasteiger partial charge in [0.25, 0.3) is 0 Å². The number of halogens is 3. The molecule has 0 amide bonds. The average molecular weight is 207 g/mol. The summed E-state index contributed by atoms with van der Waals surface area (Å²) < 4.78 is 36.6. The summed E-state index contributed by atoms with van der Waals surface area (Å²) in [5.41, 5.74) is -2.65. The van der Waals surface area contributed by atoms with Gasteiger partial charge in [-0.15, -0.1) is 0 Å². The monoisotopic (exact) mass is 207 g/mol. The Labute approximate surface area is 75.8 Å². The maximum absolute atomic E-state index is 12.2. The van der Waals surface area contributed by atoms with Crippen molar-refractivity contribution < 1.29 is 18.1 Å². The van der Waals surface area contributed by atoms with Gasteiger partial charge in [0.05, 0.1) is 4.92 Å². The summed E-state index contributed by atoms with van der Waals surface area (Å²) in [5, 5.41) is 10.2. The molecule has 0 fully saturated rings. The summed E-state index contributed by atoms with van der Waals surface area (Å²) in [6.45, 7) is 1.22. The molecule has 0 aliphatic rings. The van der Waals surface area contributed by atoms with Gasteiger partial charge < -0.3 is 0 Å². The van der Waals surface area contributed by atoms with E-state index in [-0.39, 0.29) is 5.82 Å². The highest BCUT2D eigenvalue weighted by Gasteiger charge is 2.40. The maximum Gasteiger partial charge on any atom is 0.440 e. The molecule has 0 saturated heterocycles. The Morgan fingerprint density at radius 3 is 2.50 bits per heavy atom. The second kappa shape index (κ2) is 3.20. The normalized spacial score (nSPS) is 11.4.